The number of amides is 2. The van der Waals surface area contributed by atoms with Gasteiger partial charge < -0.3 is 100.0 Å². The number of aliphatic hydroxyl groups excluding tert-OH is 10. The Kier molecular flexibility index (Phi) is 17.7. The van der Waals surface area contributed by atoms with Crippen molar-refractivity contribution in [3.63, 3.8) is 0 Å². The highest BCUT2D eigenvalue weighted by molar-refractivity contribution is 5.94. The first-order valence-electron chi connectivity index (χ1n) is 26.2. The summed E-state index contributed by atoms with van der Waals surface area (Å²) >= 11 is 0. The molecule has 2 bridgehead atoms. The maximum atomic E-state index is 14.8. The van der Waals surface area contributed by atoms with Crippen LogP contribution in [0.25, 0.3) is 0 Å². The Hall–Kier alpha value is -3.80. The van der Waals surface area contributed by atoms with Crippen LogP contribution in [0, 0.1) is 28.1 Å². The fourth-order valence-electron chi connectivity index (χ4n) is 14.3. The van der Waals surface area contributed by atoms with E-state index in [1.165, 1.54) is 7.11 Å². The van der Waals surface area contributed by atoms with Crippen molar-refractivity contribution in [2.45, 2.75) is 194 Å². The zero-order valence-corrected chi connectivity index (χ0v) is 42.9. The van der Waals surface area contributed by atoms with Crippen LogP contribution in [0.3, 0.4) is 0 Å². The molecule has 4 aliphatic carbocycles. The van der Waals surface area contributed by atoms with E-state index in [-0.39, 0.29) is 18.3 Å². The predicted molar refractivity (Wildman–Crippen MR) is 257 cm³/mol. The largest absolute Gasteiger partial charge is 0.481 e. The van der Waals surface area contributed by atoms with Gasteiger partial charge >= 0.3 is 11.9 Å². The Labute approximate surface area is 439 Å². The molecule has 0 radical (unpaired) electrons. The highest BCUT2D eigenvalue weighted by Crippen LogP contribution is 2.73. The van der Waals surface area contributed by atoms with Gasteiger partial charge in [0.25, 0.3) is 0 Å². The van der Waals surface area contributed by atoms with Crippen LogP contribution in [0.5, 0.6) is 0 Å². The van der Waals surface area contributed by atoms with E-state index in [1.54, 1.807) is 30.3 Å². The summed E-state index contributed by atoms with van der Waals surface area (Å²) < 4.78 is 42.0. The Balaban J connectivity index is 1.04. The quantitative estimate of drug-likeness (QED) is 0.0407. The molecule has 1 aromatic rings. The lowest BCUT2D eigenvalue weighted by atomic mass is 9.40. The van der Waals surface area contributed by atoms with Gasteiger partial charge in [-0.1, -0.05) is 57.2 Å². The van der Waals surface area contributed by atoms with Gasteiger partial charge in [0.05, 0.1) is 39.0 Å². The number of fused-ring (bicyclic) bond motifs is 3. The number of nitrogens with one attached hydrogen (secondary N) is 2. The topological polar surface area (TPSA) is 379 Å². The van der Waals surface area contributed by atoms with Crippen LogP contribution in [-0.2, 0) is 58.8 Å². The Morgan fingerprint density at radius 1 is 0.697 bits per heavy atom. The van der Waals surface area contributed by atoms with Gasteiger partial charge in [-0.05, 0) is 85.2 Å². The van der Waals surface area contributed by atoms with Gasteiger partial charge in [-0.15, -0.1) is 0 Å². The van der Waals surface area contributed by atoms with Gasteiger partial charge in [0.15, 0.2) is 18.9 Å². The Morgan fingerprint density at radius 2 is 1.26 bits per heavy atom. The number of benzene rings is 1. The number of carbonyl (C=O) groups is 4. The summed E-state index contributed by atoms with van der Waals surface area (Å²) in [4.78, 5) is 53.8. The van der Waals surface area contributed by atoms with Crippen molar-refractivity contribution in [3.05, 3.63) is 48.0 Å². The number of hydrogen-bond donors (Lipinski definition) is 13. The van der Waals surface area contributed by atoms with Crippen LogP contribution in [0.15, 0.2) is 42.5 Å². The first kappa shape index (κ1) is 58.4. The zero-order valence-electron chi connectivity index (χ0n) is 42.9. The number of carbonyl (C=O) groups excluding carboxylic acids is 3. The summed E-state index contributed by atoms with van der Waals surface area (Å²) in [5.41, 5.74) is -1.75. The average Bonchev–Trinajstić information content (AvgIpc) is 3.75. The number of aliphatic carboxylic acids is 1. The molecule has 3 heterocycles. The number of esters is 1. The minimum Gasteiger partial charge on any atom is -0.481 e. The molecule has 76 heavy (non-hydrogen) atoms. The lowest BCUT2D eigenvalue weighted by Gasteiger charge is -2.64. The molecule has 426 valence electrons. The summed E-state index contributed by atoms with van der Waals surface area (Å²) in [6, 6.07) is 6.18. The molecule has 23 atom stereocenters. The van der Waals surface area contributed by atoms with E-state index in [9.17, 15) is 75.3 Å². The van der Waals surface area contributed by atoms with E-state index in [4.69, 9.17) is 33.2 Å². The highest BCUT2D eigenvalue weighted by atomic mass is 16.8. The monoisotopic (exact) mass is 1080 g/mol. The van der Waals surface area contributed by atoms with Crippen LogP contribution >= 0.6 is 0 Å². The molecule has 8 rings (SSSR count). The Morgan fingerprint density at radius 3 is 1.84 bits per heavy atom. The normalized spacial score (nSPS) is 43.9. The van der Waals surface area contributed by atoms with Gasteiger partial charge in [-0.2, -0.15) is 0 Å². The fourth-order valence-corrected chi connectivity index (χ4v) is 14.3. The third kappa shape index (κ3) is 10.8. The minimum atomic E-state index is -1.97. The molecule has 7 aliphatic rings. The lowest BCUT2D eigenvalue weighted by molar-refractivity contribution is -0.400. The van der Waals surface area contributed by atoms with Crippen molar-refractivity contribution in [1.82, 2.24) is 10.6 Å². The van der Waals surface area contributed by atoms with Crippen LogP contribution in [-0.4, -0.2) is 217 Å². The molecule has 13 N–H and O–H groups in total. The van der Waals surface area contributed by atoms with Gasteiger partial charge in [0, 0.05) is 11.8 Å². The van der Waals surface area contributed by atoms with Gasteiger partial charge in [-0.3, -0.25) is 14.4 Å². The minimum absolute atomic E-state index is 0.0122. The van der Waals surface area contributed by atoms with Crippen LogP contribution < -0.4 is 10.6 Å². The fraction of sp³-hybridized carbons (Fsp3) is 0.769. The molecule has 7 fully saturated rings. The van der Waals surface area contributed by atoms with E-state index < -0.39 is 176 Å². The lowest BCUT2D eigenvalue weighted by Crippen LogP contribution is -2.68. The van der Waals surface area contributed by atoms with E-state index in [2.05, 4.69) is 24.1 Å². The third-order valence-electron chi connectivity index (χ3n) is 18.2. The van der Waals surface area contributed by atoms with Crippen molar-refractivity contribution in [2.24, 2.45) is 28.1 Å². The molecule has 3 saturated heterocycles. The van der Waals surface area contributed by atoms with Crippen molar-refractivity contribution in [3.8, 4) is 0 Å². The zero-order chi connectivity index (χ0) is 55.2. The van der Waals surface area contributed by atoms with E-state index in [0.717, 1.165) is 6.42 Å². The smallest absolute Gasteiger partial charge is 0.328 e. The van der Waals surface area contributed by atoms with E-state index >= 15 is 0 Å². The molecule has 4 saturated carbocycles. The molecular weight excluding hydrogens is 1000 g/mol. The molecule has 2 amide bonds. The first-order chi connectivity index (χ1) is 36.0. The number of methoxy groups -OCH3 is 1. The summed E-state index contributed by atoms with van der Waals surface area (Å²) in [6.07, 6.45) is -22.3. The van der Waals surface area contributed by atoms with Crippen LogP contribution in [0.1, 0.15) is 83.6 Å². The van der Waals surface area contributed by atoms with E-state index in [0.29, 0.717) is 62.5 Å². The molecule has 24 heteroatoms. The summed E-state index contributed by atoms with van der Waals surface area (Å²) in [6.45, 7) is 6.10. The molecule has 0 aromatic heterocycles. The molecule has 24 nitrogen and oxygen atoms in total. The highest BCUT2D eigenvalue weighted by Gasteiger charge is 2.69. The summed E-state index contributed by atoms with van der Waals surface area (Å²) in [7, 11) is 1.18. The second-order valence-electron chi connectivity index (χ2n) is 22.6. The van der Waals surface area contributed by atoms with Crippen LogP contribution in [0.2, 0.25) is 0 Å². The van der Waals surface area contributed by atoms with E-state index in [1.807, 2.05) is 6.92 Å². The number of aliphatic hydroxyl groups is 10. The van der Waals surface area contributed by atoms with Gasteiger partial charge in [-0.25, -0.2) is 4.79 Å². The standard InChI is InChI=1S/C52H76N2O22/c1-24-19-51-15-11-31-49(2,13-8-14-50(31,3)48(69)54-26(18-33(58)59)43(67)53-27(44(68)70-4)17-25-9-6-5-7-10-25)32(51)12-16-52(24,23-51)76-47-42(75-46-40(66)38(64)35(61)29(21-56)72-46)41(36(62)30(22-57)73-47)74-45-39(65)37(63)34(60)28(20-55)71-45/h5-7,9-10,26-32,34-42,45-47,55-57,60-66H,1,8,11-23H2,2-4H3,(H,53,67)(H,54,69)(H,58,59)/t26-,27-,28+,29+,30+,31-,32-,34+,35+,36+,37-,38-,39+,40+,41-,42+,45-,46-,47-,49+,50+,51+,52-/m0/s1. The number of hydrogen-bond acceptors (Lipinski definition) is 21. The number of carboxylic acid groups (broad SMARTS) is 1. The maximum absolute atomic E-state index is 14.8. The molecule has 1 aromatic carbocycles. The average molecular weight is 1080 g/mol. The number of ether oxygens (including phenoxy) is 7. The maximum Gasteiger partial charge on any atom is 0.328 e. The van der Waals surface area contributed by atoms with Crippen molar-refractivity contribution in [2.75, 3.05) is 26.9 Å². The second kappa shape index (κ2) is 23.1. The predicted octanol–water partition coefficient (Wildman–Crippen LogP) is -2.60. The van der Waals surface area contributed by atoms with Gasteiger partial charge in [0.1, 0.15) is 85.3 Å². The summed E-state index contributed by atoms with van der Waals surface area (Å²) in [5, 5.41) is 122. The van der Waals surface area contributed by atoms with Crippen molar-refractivity contribution in [1.29, 1.82) is 0 Å². The third-order valence-corrected chi connectivity index (χ3v) is 18.2. The SMILES string of the molecule is C=C1C[C@@]23CC[C@H]4[C@@](C)(CCC[C@@]4(C)C(=O)N[C@@H](CC(=O)O)C(=O)N[C@@H](Cc4ccccc4)C(=O)OC)[C@@H]2CC[C@]1(O[C@@H]1O[C@H](CO)[C@@H](O)[C@H](O[C@@H]2O[C@H](CO)[C@@H](O)[C@H](O)[C@H]2O)[C@H]1O[C@@H]1O[C@H](CO)[C@@H](O)[C@H](O)[C@H]1O)C3. The van der Waals surface area contributed by atoms with Gasteiger partial charge in [0.2, 0.25) is 11.8 Å². The van der Waals surface area contributed by atoms with Crippen LogP contribution in [0.4, 0.5) is 0 Å². The number of rotatable bonds is 18. The second-order valence-corrected chi connectivity index (χ2v) is 22.6. The summed E-state index contributed by atoms with van der Waals surface area (Å²) in [5.74, 6) is -3.66. The molecule has 3 aliphatic heterocycles. The van der Waals surface area contributed by atoms with Crippen molar-refractivity contribution >= 4 is 23.8 Å². The molecular formula is C52H76N2O22. The first-order valence-corrected chi connectivity index (χ1v) is 26.2. The van der Waals surface area contributed by atoms with Crippen molar-refractivity contribution < 1.29 is 109 Å². The number of carboxylic acids is 1. The Bertz CT molecular complexity index is 2240. The molecule has 0 unspecified atom stereocenters. The molecule has 1 spiro atoms.